The van der Waals surface area contributed by atoms with E-state index in [1.165, 1.54) is 18.3 Å². The fraction of sp³-hybridized carbons (Fsp3) is 0.350. The zero-order chi connectivity index (χ0) is 19.4. The number of carbonyl (C=O) groups is 3. The Hall–Kier alpha value is -2.67. The van der Waals surface area contributed by atoms with Crippen molar-refractivity contribution in [2.75, 3.05) is 11.9 Å². The summed E-state index contributed by atoms with van der Waals surface area (Å²) < 4.78 is 10.3. The van der Waals surface area contributed by atoms with Gasteiger partial charge in [-0.2, -0.15) is 0 Å². The van der Waals surface area contributed by atoms with Crippen molar-refractivity contribution in [2.24, 2.45) is 0 Å². The van der Waals surface area contributed by atoms with Crippen LogP contribution in [0.5, 0.6) is 5.75 Å². The minimum absolute atomic E-state index is 0.182. The van der Waals surface area contributed by atoms with Crippen molar-refractivity contribution in [3.8, 4) is 5.75 Å². The molecule has 2 aromatic rings. The molecule has 0 saturated carbocycles. The van der Waals surface area contributed by atoms with Gasteiger partial charge >= 0.3 is 11.9 Å². The standard InChI is InChI=1S/C20H21NO5S/c1-3-25-20(24)17-14-9-5-7-11-16(14)27-19(17)21-18(23)13-8-4-6-10-15(13)26-12(2)22/h4,6,8,10H,3,5,7,9,11H2,1-2H3,(H,21,23). The van der Waals surface area contributed by atoms with Crippen molar-refractivity contribution in [3.63, 3.8) is 0 Å². The average Bonchev–Trinajstić information content (AvgIpc) is 2.99. The Bertz CT molecular complexity index is 886. The molecule has 1 amide bonds. The van der Waals surface area contributed by atoms with Crippen LogP contribution in [-0.2, 0) is 22.4 Å². The number of hydrogen-bond donors (Lipinski definition) is 1. The van der Waals surface area contributed by atoms with E-state index in [0.717, 1.165) is 36.1 Å². The number of thiophene rings is 1. The van der Waals surface area contributed by atoms with Gasteiger partial charge in [-0.1, -0.05) is 12.1 Å². The lowest BCUT2D eigenvalue weighted by Crippen LogP contribution is -2.17. The summed E-state index contributed by atoms with van der Waals surface area (Å²) in [5, 5.41) is 3.31. The molecule has 7 heteroatoms. The van der Waals surface area contributed by atoms with Gasteiger partial charge in [0.25, 0.3) is 5.91 Å². The lowest BCUT2D eigenvalue weighted by Gasteiger charge is -2.12. The van der Waals surface area contributed by atoms with Gasteiger partial charge in [0.15, 0.2) is 0 Å². The lowest BCUT2D eigenvalue weighted by molar-refractivity contribution is -0.131. The van der Waals surface area contributed by atoms with Crippen molar-refractivity contribution in [1.29, 1.82) is 0 Å². The highest BCUT2D eigenvalue weighted by molar-refractivity contribution is 7.17. The number of aryl methyl sites for hydroxylation is 1. The van der Waals surface area contributed by atoms with E-state index in [0.29, 0.717) is 10.6 Å². The molecule has 1 aliphatic rings. The minimum Gasteiger partial charge on any atom is -0.462 e. The van der Waals surface area contributed by atoms with Crippen LogP contribution < -0.4 is 10.1 Å². The fourth-order valence-corrected chi connectivity index (χ4v) is 4.41. The number of nitrogens with one attached hydrogen (secondary N) is 1. The van der Waals surface area contributed by atoms with Crippen molar-refractivity contribution in [2.45, 2.75) is 39.5 Å². The molecular formula is C20H21NO5S. The largest absolute Gasteiger partial charge is 0.462 e. The van der Waals surface area contributed by atoms with Gasteiger partial charge in [0, 0.05) is 11.8 Å². The van der Waals surface area contributed by atoms with E-state index < -0.39 is 17.8 Å². The van der Waals surface area contributed by atoms with E-state index in [1.807, 2.05) is 0 Å². The smallest absolute Gasteiger partial charge is 0.341 e. The highest BCUT2D eigenvalue weighted by atomic mass is 32.1. The number of carbonyl (C=O) groups excluding carboxylic acids is 3. The first-order valence-corrected chi connectivity index (χ1v) is 9.73. The molecule has 1 aliphatic carbocycles. The first-order chi connectivity index (χ1) is 13.0. The summed E-state index contributed by atoms with van der Waals surface area (Å²) in [6.07, 6.45) is 3.78. The number of para-hydroxylation sites is 1. The monoisotopic (exact) mass is 387 g/mol. The van der Waals surface area contributed by atoms with Gasteiger partial charge in [0.2, 0.25) is 0 Å². The Kier molecular flexibility index (Phi) is 5.91. The number of rotatable bonds is 5. The Morgan fingerprint density at radius 3 is 2.63 bits per heavy atom. The summed E-state index contributed by atoms with van der Waals surface area (Å²) >= 11 is 1.42. The van der Waals surface area contributed by atoms with Crippen LogP contribution in [0.4, 0.5) is 5.00 Å². The number of ether oxygens (including phenoxy) is 2. The Morgan fingerprint density at radius 2 is 1.89 bits per heavy atom. The van der Waals surface area contributed by atoms with Crippen LogP contribution in [0.2, 0.25) is 0 Å². The van der Waals surface area contributed by atoms with Crippen LogP contribution in [0, 0.1) is 0 Å². The number of fused-ring (bicyclic) bond motifs is 1. The van der Waals surface area contributed by atoms with Crippen molar-refractivity contribution in [3.05, 3.63) is 45.8 Å². The van der Waals surface area contributed by atoms with Crippen LogP contribution in [0.15, 0.2) is 24.3 Å². The minimum atomic E-state index is -0.506. The molecule has 3 rings (SSSR count). The van der Waals surface area contributed by atoms with Crippen molar-refractivity contribution >= 4 is 34.2 Å². The van der Waals surface area contributed by atoms with Gasteiger partial charge in [-0.05, 0) is 50.3 Å². The predicted octanol–water partition coefficient (Wildman–Crippen LogP) is 3.98. The second-order valence-electron chi connectivity index (χ2n) is 6.18. The van der Waals surface area contributed by atoms with Gasteiger partial charge in [0.1, 0.15) is 10.8 Å². The summed E-state index contributed by atoms with van der Waals surface area (Å²) in [6, 6.07) is 6.50. The van der Waals surface area contributed by atoms with Gasteiger partial charge in [-0.3, -0.25) is 9.59 Å². The van der Waals surface area contributed by atoms with Crippen molar-refractivity contribution in [1.82, 2.24) is 0 Å². The third-order valence-electron chi connectivity index (χ3n) is 4.26. The van der Waals surface area contributed by atoms with E-state index in [-0.39, 0.29) is 17.9 Å². The summed E-state index contributed by atoms with van der Waals surface area (Å²) in [5.74, 6) is -1.17. The van der Waals surface area contributed by atoms with Crippen LogP contribution in [-0.4, -0.2) is 24.5 Å². The zero-order valence-corrected chi connectivity index (χ0v) is 16.1. The van der Waals surface area contributed by atoms with E-state index in [1.54, 1.807) is 31.2 Å². The second-order valence-corrected chi connectivity index (χ2v) is 7.28. The molecule has 0 spiro atoms. The van der Waals surface area contributed by atoms with Crippen LogP contribution in [0.25, 0.3) is 0 Å². The SMILES string of the molecule is CCOC(=O)c1c(NC(=O)c2ccccc2OC(C)=O)sc2c1CCCC2. The van der Waals surface area contributed by atoms with Crippen LogP contribution in [0.3, 0.4) is 0 Å². The van der Waals surface area contributed by atoms with Gasteiger partial charge < -0.3 is 14.8 Å². The molecule has 27 heavy (non-hydrogen) atoms. The van der Waals surface area contributed by atoms with Crippen LogP contribution in [0.1, 0.15) is 57.8 Å². The summed E-state index contributed by atoms with van der Waals surface area (Å²) in [7, 11) is 0. The molecule has 0 atom stereocenters. The maximum atomic E-state index is 12.8. The quantitative estimate of drug-likeness (QED) is 0.620. The van der Waals surface area contributed by atoms with E-state index in [2.05, 4.69) is 5.32 Å². The summed E-state index contributed by atoms with van der Waals surface area (Å²) in [4.78, 5) is 37.7. The molecule has 0 saturated heterocycles. The van der Waals surface area contributed by atoms with E-state index >= 15 is 0 Å². The third-order valence-corrected chi connectivity index (χ3v) is 5.47. The molecule has 1 heterocycles. The molecular weight excluding hydrogens is 366 g/mol. The third kappa shape index (κ3) is 4.19. The normalized spacial score (nSPS) is 12.8. The molecule has 142 valence electrons. The zero-order valence-electron chi connectivity index (χ0n) is 15.3. The lowest BCUT2D eigenvalue weighted by atomic mass is 9.95. The first-order valence-electron chi connectivity index (χ1n) is 8.91. The highest BCUT2D eigenvalue weighted by Crippen LogP contribution is 2.39. The Labute approximate surface area is 161 Å². The first kappa shape index (κ1) is 19.1. The number of esters is 2. The maximum Gasteiger partial charge on any atom is 0.341 e. The van der Waals surface area contributed by atoms with Crippen molar-refractivity contribution < 1.29 is 23.9 Å². The molecule has 0 bridgehead atoms. The Morgan fingerprint density at radius 1 is 1.15 bits per heavy atom. The van der Waals surface area contributed by atoms with Crippen LogP contribution >= 0.6 is 11.3 Å². The highest BCUT2D eigenvalue weighted by Gasteiger charge is 2.28. The topological polar surface area (TPSA) is 81.7 Å². The number of anilines is 1. The predicted molar refractivity (Wildman–Crippen MR) is 103 cm³/mol. The molecule has 1 aromatic carbocycles. The second kappa shape index (κ2) is 8.35. The summed E-state index contributed by atoms with van der Waals surface area (Å²) in [5.41, 5.74) is 1.66. The maximum absolute atomic E-state index is 12.8. The van der Waals surface area contributed by atoms with E-state index in [9.17, 15) is 14.4 Å². The van der Waals surface area contributed by atoms with Gasteiger partial charge in [-0.25, -0.2) is 4.79 Å². The van der Waals surface area contributed by atoms with Gasteiger partial charge in [-0.15, -0.1) is 11.3 Å². The molecule has 1 N–H and O–H groups in total. The molecule has 0 aliphatic heterocycles. The number of hydrogen-bond acceptors (Lipinski definition) is 6. The number of benzene rings is 1. The van der Waals surface area contributed by atoms with E-state index in [4.69, 9.17) is 9.47 Å². The molecule has 0 radical (unpaired) electrons. The van der Waals surface area contributed by atoms with Gasteiger partial charge in [0.05, 0.1) is 17.7 Å². The fourth-order valence-electron chi connectivity index (χ4n) is 3.14. The number of amides is 1. The molecule has 0 unspecified atom stereocenters. The summed E-state index contributed by atoms with van der Waals surface area (Å²) in [6.45, 7) is 3.30. The molecule has 0 fully saturated rings. The molecule has 6 nitrogen and oxygen atoms in total. The average molecular weight is 387 g/mol. The Balaban J connectivity index is 1.94. The molecule has 1 aromatic heterocycles.